The highest BCUT2D eigenvalue weighted by Crippen LogP contribution is 2.32. The zero-order chi connectivity index (χ0) is 14.0. The number of halogens is 1. The van der Waals surface area contributed by atoms with E-state index in [-0.39, 0.29) is 12.1 Å². The summed E-state index contributed by atoms with van der Waals surface area (Å²) >= 11 is 3.37. The van der Waals surface area contributed by atoms with E-state index >= 15 is 0 Å². The number of rotatable bonds is 1. The average Bonchev–Trinajstić information content (AvgIpc) is 2.76. The van der Waals surface area contributed by atoms with Crippen LogP contribution in [0.15, 0.2) is 22.8 Å². The van der Waals surface area contributed by atoms with Gasteiger partial charge in [0.15, 0.2) is 0 Å². The molecule has 19 heavy (non-hydrogen) atoms. The molecule has 1 aromatic heterocycles. The molecule has 4 nitrogen and oxygen atoms in total. The third kappa shape index (κ3) is 3.69. The number of likely N-dealkylation sites (tertiary alicyclic amines) is 1. The molecule has 1 aliphatic heterocycles. The summed E-state index contributed by atoms with van der Waals surface area (Å²) in [6.45, 7) is 6.38. The molecule has 2 heterocycles. The van der Waals surface area contributed by atoms with Gasteiger partial charge >= 0.3 is 6.09 Å². The van der Waals surface area contributed by atoms with Crippen LogP contribution < -0.4 is 0 Å². The molecule has 2 rings (SSSR count). The zero-order valence-corrected chi connectivity index (χ0v) is 13.1. The van der Waals surface area contributed by atoms with Crippen LogP contribution >= 0.6 is 15.9 Å². The number of ether oxygens (including phenoxy) is 1. The molecule has 1 aliphatic rings. The highest BCUT2D eigenvalue weighted by molar-refractivity contribution is 9.10. The molecule has 1 amide bonds. The summed E-state index contributed by atoms with van der Waals surface area (Å²) in [6, 6.07) is 3.94. The number of nitrogens with zero attached hydrogens (tertiary/aromatic N) is 2. The first-order valence-electron chi connectivity index (χ1n) is 6.48. The molecule has 0 aromatic carbocycles. The van der Waals surface area contributed by atoms with Gasteiger partial charge in [0.1, 0.15) is 5.60 Å². The predicted octanol–water partition coefficient (Wildman–Crippen LogP) is 3.92. The van der Waals surface area contributed by atoms with E-state index in [0.29, 0.717) is 0 Å². The number of carbonyl (C=O) groups excluding carboxylic acids is 1. The summed E-state index contributed by atoms with van der Waals surface area (Å²) < 4.78 is 6.39. The number of carbonyl (C=O) groups is 1. The normalized spacial score (nSPS) is 19.6. The molecule has 0 bridgehead atoms. The van der Waals surface area contributed by atoms with E-state index in [2.05, 4.69) is 20.9 Å². The SMILES string of the molecule is CC(C)(C)OC(=O)N1CCC[C@H]1c1ccc(Br)cn1. The molecule has 1 atom stereocenters. The van der Waals surface area contributed by atoms with Crippen molar-refractivity contribution in [1.29, 1.82) is 0 Å². The van der Waals surface area contributed by atoms with E-state index in [1.165, 1.54) is 0 Å². The summed E-state index contributed by atoms with van der Waals surface area (Å²) in [6.07, 6.45) is 3.44. The summed E-state index contributed by atoms with van der Waals surface area (Å²) in [5.41, 5.74) is 0.462. The Bertz CT molecular complexity index is 454. The van der Waals surface area contributed by atoms with Gasteiger partial charge in [-0.05, 0) is 61.7 Å². The Kier molecular flexibility index (Phi) is 4.13. The van der Waals surface area contributed by atoms with Crippen molar-refractivity contribution in [2.24, 2.45) is 0 Å². The van der Waals surface area contributed by atoms with E-state index in [1.807, 2.05) is 32.9 Å². The van der Waals surface area contributed by atoms with Crippen LogP contribution in [0.25, 0.3) is 0 Å². The van der Waals surface area contributed by atoms with E-state index in [0.717, 1.165) is 29.6 Å². The topological polar surface area (TPSA) is 42.4 Å². The summed E-state index contributed by atoms with van der Waals surface area (Å²) in [5, 5.41) is 0. The van der Waals surface area contributed by atoms with Gasteiger partial charge in [0.25, 0.3) is 0 Å². The minimum Gasteiger partial charge on any atom is -0.444 e. The Morgan fingerprint density at radius 2 is 2.21 bits per heavy atom. The van der Waals surface area contributed by atoms with E-state index in [1.54, 1.807) is 11.1 Å². The standard InChI is InChI=1S/C14H19BrN2O2/c1-14(2,3)19-13(18)17-8-4-5-12(17)11-7-6-10(15)9-16-11/h6-7,9,12H,4-5,8H2,1-3H3/t12-/m0/s1. The molecule has 1 aromatic rings. The highest BCUT2D eigenvalue weighted by atomic mass is 79.9. The second kappa shape index (κ2) is 5.49. The van der Waals surface area contributed by atoms with Crippen molar-refractivity contribution in [3.8, 4) is 0 Å². The molecule has 0 saturated carbocycles. The maximum absolute atomic E-state index is 12.2. The Hall–Kier alpha value is -1.10. The first-order chi connectivity index (χ1) is 8.87. The predicted molar refractivity (Wildman–Crippen MR) is 76.9 cm³/mol. The molecular weight excluding hydrogens is 308 g/mol. The molecule has 0 N–H and O–H groups in total. The van der Waals surface area contributed by atoms with E-state index in [9.17, 15) is 4.79 Å². The van der Waals surface area contributed by atoms with Gasteiger partial charge in [-0.1, -0.05) is 0 Å². The maximum Gasteiger partial charge on any atom is 0.410 e. The third-order valence-electron chi connectivity index (χ3n) is 2.97. The van der Waals surface area contributed by atoms with Gasteiger partial charge < -0.3 is 4.74 Å². The van der Waals surface area contributed by atoms with Crippen LogP contribution in [0.5, 0.6) is 0 Å². The van der Waals surface area contributed by atoms with Crippen LogP contribution in [0.3, 0.4) is 0 Å². The molecule has 0 spiro atoms. The van der Waals surface area contributed by atoms with Crippen molar-refractivity contribution >= 4 is 22.0 Å². The minimum absolute atomic E-state index is 0.0305. The zero-order valence-electron chi connectivity index (χ0n) is 11.5. The third-order valence-corrected chi connectivity index (χ3v) is 3.44. The van der Waals surface area contributed by atoms with E-state index in [4.69, 9.17) is 4.74 Å². The van der Waals surface area contributed by atoms with Crippen molar-refractivity contribution in [1.82, 2.24) is 9.88 Å². The average molecular weight is 327 g/mol. The number of amides is 1. The first kappa shape index (κ1) is 14.3. The molecule has 0 radical (unpaired) electrons. The van der Waals surface area contributed by atoms with E-state index < -0.39 is 5.60 Å². The fourth-order valence-corrected chi connectivity index (χ4v) is 2.43. The highest BCUT2D eigenvalue weighted by Gasteiger charge is 2.33. The van der Waals surface area contributed by atoms with Gasteiger partial charge in [-0.25, -0.2) is 4.79 Å². The van der Waals surface area contributed by atoms with Crippen LogP contribution in [0.2, 0.25) is 0 Å². The van der Waals surface area contributed by atoms with Crippen molar-refractivity contribution in [3.63, 3.8) is 0 Å². The van der Waals surface area contributed by atoms with Gasteiger partial charge in [0, 0.05) is 17.2 Å². The summed E-state index contributed by atoms with van der Waals surface area (Å²) in [4.78, 5) is 18.4. The van der Waals surface area contributed by atoms with Gasteiger partial charge in [-0.3, -0.25) is 9.88 Å². The lowest BCUT2D eigenvalue weighted by Crippen LogP contribution is -2.36. The number of aromatic nitrogens is 1. The van der Waals surface area contributed by atoms with Crippen LogP contribution in [0, 0.1) is 0 Å². The van der Waals surface area contributed by atoms with Gasteiger partial charge in [0.2, 0.25) is 0 Å². The molecular formula is C14H19BrN2O2. The number of hydrogen-bond donors (Lipinski definition) is 0. The van der Waals surface area contributed by atoms with Crippen LogP contribution in [0.4, 0.5) is 4.79 Å². The largest absolute Gasteiger partial charge is 0.444 e. The lowest BCUT2D eigenvalue weighted by Gasteiger charge is -2.28. The Labute approximate surface area is 122 Å². The van der Waals surface area contributed by atoms with Crippen LogP contribution in [0.1, 0.15) is 45.3 Å². The quantitative estimate of drug-likeness (QED) is 0.785. The second-order valence-electron chi connectivity index (χ2n) is 5.73. The minimum atomic E-state index is -0.461. The molecule has 0 aliphatic carbocycles. The molecule has 1 saturated heterocycles. The molecule has 1 fully saturated rings. The summed E-state index contributed by atoms with van der Waals surface area (Å²) in [5.74, 6) is 0. The van der Waals surface area contributed by atoms with Gasteiger partial charge in [0.05, 0.1) is 11.7 Å². The smallest absolute Gasteiger partial charge is 0.410 e. The van der Waals surface area contributed by atoms with Crippen molar-refractivity contribution in [2.75, 3.05) is 6.54 Å². The first-order valence-corrected chi connectivity index (χ1v) is 7.27. The molecule has 0 unspecified atom stereocenters. The van der Waals surface area contributed by atoms with Crippen molar-refractivity contribution < 1.29 is 9.53 Å². The van der Waals surface area contributed by atoms with Gasteiger partial charge in [-0.2, -0.15) is 0 Å². The maximum atomic E-state index is 12.2. The monoisotopic (exact) mass is 326 g/mol. The lowest BCUT2D eigenvalue weighted by atomic mass is 10.1. The molecule has 5 heteroatoms. The Morgan fingerprint density at radius 1 is 1.47 bits per heavy atom. The van der Waals surface area contributed by atoms with Crippen molar-refractivity contribution in [2.45, 2.75) is 45.3 Å². The van der Waals surface area contributed by atoms with Gasteiger partial charge in [-0.15, -0.1) is 0 Å². The van der Waals surface area contributed by atoms with Crippen molar-refractivity contribution in [3.05, 3.63) is 28.5 Å². The molecule has 104 valence electrons. The fraction of sp³-hybridized carbons (Fsp3) is 0.571. The fourth-order valence-electron chi connectivity index (χ4n) is 2.20. The lowest BCUT2D eigenvalue weighted by molar-refractivity contribution is 0.0221. The van der Waals surface area contributed by atoms with Crippen LogP contribution in [-0.2, 0) is 4.74 Å². The number of hydrogen-bond acceptors (Lipinski definition) is 3. The Balaban J connectivity index is 2.12. The second-order valence-corrected chi connectivity index (χ2v) is 6.65. The number of pyridine rings is 1. The van der Waals surface area contributed by atoms with Crippen LogP contribution in [-0.4, -0.2) is 28.1 Å². The summed E-state index contributed by atoms with van der Waals surface area (Å²) in [7, 11) is 0. The Morgan fingerprint density at radius 3 is 2.79 bits per heavy atom.